The molecule has 0 bridgehead atoms. The van der Waals surface area contributed by atoms with Gasteiger partial charge in [0.1, 0.15) is 5.75 Å². The van der Waals surface area contributed by atoms with Crippen LogP contribution in [-0.4, -0.2) is 12.5 Å². The molecule has 0 aromatic heterocycles. The molecular formula is C23H25NO2. The summed E-state index contributed by atoms with van der Waals surface area (Å²) in [6.07, 6.45) is 3.43. The Labute approximate surface area is 155 Å². The maximum atomic E-state index is 13.0. The lowest BCUT2D eigenvalue weighted by molar-refractivity contribution is 0.102. The van der Waals surface area contributed by atoms with E-state index >= 15 is 0 Å². The molecule has 1 N–H and O–H groups in total. The zero-order valence-electron chi connectivity index (χ0n) is 15.4. The highest BCUT2D eigenvalue weighted by atomic mass is 16.5. The van der Waals surface area contributed by atoms with E-state index in [1.54, 1.807) is 0 Å². The van der Waals surface area contributed by atoms with Crippen molar-refractivity contribution >= 4 is 22.4 Å². The van der Waals surface area contributed by atoms with Crippen molar-refractivity contribution in [3.8, 4) is 5.75 Å². The normalized spacial score (nSPS) is 10.7. The number of hydrogen-bond donors (Lipinski definition) is 1. The van der Waals surface area contributed by atoms with E-state index in [0.29, 0.717) is 17.9 Å². The Morgan fingerprint density at radius 3 is 2.46 bits per heavy atom. The number of carbonyl (C=O) groups excluding carboxylic acids is 1. The number of anilines is 1. The van der Waals surface area contributed by atoms with Crippen molar-refractivity contribution in [2.45, 2.75) is 33.1 Å². The quantitative estimate of drug-likeness (QED) is 0.583. The number of fused-ring (bicyclic) bond motifs is 1. The fraction of sp³-hybridized carbons (Fsp3) is 0.261. The molecule has 3 aromatic rings. The third-order valence-electron chi connectivity index (χ3n) is 4.45. The molecule has 0 fully saturated rings. The van der Waals surface area contributed by atoms with E-state index in [4.69, 9.17) is 4.74 Å². The van der Waals surface area contributed by atoms with E-state index in [0.717, 1.165) is 22.9 Å². The number of ether oxygens (including phenoxy) is 1. The molecule has 3 nitrogen and oxygen atoms in total. The fourth-order valence-electron chi connectivity index (χ4n) is 3.09. The van der Waals surface area contributed by atoms with Crippen LogP contribution in [0.15, 0.2) is 60.7 Å². The highest BCUT2D eigenvalue weighted by Crippen LogP contribution is 2.29. The minimum absolute atomic E-state index is 0.147. The van der Waals surface area contributed by atoms with Gasteiger partial charge in [-0.2, -0.15) is 0 Å². The molecule has 0 aliphatic rings. The molecule has 134 valence electrons. The second-order valence-electron chi connectivity index (χ2n) is 6.35. The van der Waals surface area contributed by atoms with Crippen LogP contribution < -0.4 is 10.1 Å². The first-order chi connectivity index (χ1) is 12.7. The van der Waals surface area contributed by atoms with E-state index in [-0.39, 0.29) is 5.91 Å². The molecule has 0 radical (unpaired) electrons. The maximum Gasteiger partial charge on any atom is 0.260 e. The van der Waals surface area contributed by atoms with Gasteiger partial charge in [-0.1, -0.05) is 55.8 Å². The molecular weight excluding hydrogens is 322 g/mol. The van der Waals surface area contributed by atoms with Crippen LogP contribution in [0, 0.1) is 0 Å². The summed E-state index contributed by atoms with van der Waals surface area (Å²) in [7, 11) is 0. The number of benzene rings is 3. The van der Waals surface area contributed by atoms with Crippen LogP contribution in [0.5, 0.6) is 5.75 Å². The second-order valence-corrected chi connectivity index (χ2v) is 6.35. The van der Waals surface area contributed by atoms with Gasteiger partial charge in [0.2, 0.25) is 0 Å². The molecule has 0 heterocycles. The van der Waals surface area contributed by atoms with Crippen molar-refractivity contribution in [3.63, 3.8) is 0 Å². The van der Waals surface area contributed by atoms with Crippen molar-refractivity contribution in [1.29, 1.82) is 0 Å². The van der Waals surface area contributed by atoms with E-state index in [2.05, 4.69) is 24.4 Å². The lowest BCUT2D eigenvalue weighted by atomic mass is 10.0. The first-order valence-electron chi connectivity index (χ1n) is 9.27. The number of nitrogens with one attached hydrogen (secondary N) is 1. The van der Waals surface area contributed by atoms with Crippen molar-refractivity contribution < 1.29 is 9.53 Å². The van der Waals surface area contributed by atoms with Crippen LogP contribution in [0.1, 0.15) is 42.6 Å². The van der Waals surface area contributed by atoms with Crippen molar-refractivity contribution in [2.75, 3.05) is 11.9 Å². The molecule has 26 heavy (non-hydrogen) atoms. The van der Waals surface area contributed by atoms with Gasteiger partial charge in [0.15, 0.2) is 0 Å². The summed E-state index contributed by atoms with van der Waals surface area (Å²) in [5.74, 6) is 0.467. The van der Waals surface area contributed by atoms with E-state index in [1.807, 2.05) is 55.5 Å². The minimum Gasteiger partial charge on any atom is -0.493 e. The Morgan fingerprint density at radius 2 is 1.73 bits per heavy atom. The molecule has 0 aliphatic heterocycles. The third-order valence-corrected chi connectivity index (χ3v) is 4.45. The van der Waals surface area contributed by atoms with E-state index in [1.165, 1.54) is 18.4 Å². The lowest BCUT2D eigenvalue weighted by Crippen LogP contribution is -2.14. The van der Waals surface area contributed by atoms with Gasteiger partial charge < -0.3 is 10.1 Å². The highest BCUT2D eigenvalue weighted by molar-refractivity contribution is 6.15. The zero-order chi connectivity index (χ0) is 18.4. The smallest absolute Gasteiger partial charge is 0.260 e. The van der Waals surface area contributed by atoms with Crippen LogP contribution in [0.4, 0.5) is 5.69 Å². The van der Waals surface area contributed by atoms with Crippen LogP contribution in [0.3, 0.4) is 0 Å². The molecule has 0 spiro atoms. The molecule has 1 amide bonds. The van der Waals surface area contributed by atoms with Crippen LogP contribution in [0.2, 0.25) is 0 Å². The maximum absolute atomic E-state index is 13.0. The number of rotatable bonds is 7. The number of aryl methyl sites for hydroxylation is 1. The molecule has 0 unspecified atom stereocenters. The van der Waals surface area contributed by atoms with Crippen LogP contribution >= 0.6 is 0 Å². The first kappa shape index (κ1) is 18.0. The fourth-order valence-corrected chi connectivity index (χ4v) is 3.09. The minimum atomic E-state index is -0.147. The molecule has 0 aliphatic carbocycles. The van der Waals surface area contributed by atoms with Crippen molar-refractivity contribution in [2.24, 2.45) is 0 Å². The summed E-state index contributed by atoms with van der Waals surface area (Å²) in [4.78, 5) is 13.0. The topological polar surface area (TPSA) is 38.3 Å². The standard InChI is InChI=1S/C23H25NO2/c1-3-5-8-17-11-14-19(15-12-17)24-23(25)22-20-10-7-6-9-18(20)13-16-21(22)26-4-2/h6-7,9-16H,3-5,8H2,1-2H3,(H,24,25). The highest BCUT2D eigenvalue weighted by Gasteiger charge is 2.16. The van der Waals surface area contributed by atoms with Gasteiger partial charge >= 0.3 is 0 Å². The third kappa shape index (κ3) is 4.05. The zero-order valence-corrected chi connectivity index (χ0v) is 15.4. The lowest BCUT2D eigenvalue weighted by Gasteiger charge is -2.14. The summed E-state index contributed by atoms with van der Waals surface area (Å²) in [6, 6.07) is 19.8. The first-order valence-corrected chi connectivity index (χ1v) is 9.27. The van der Waals surface area contributed by atoms with Crippen LogP contribution in [-0.2, 0) is 6.42 Å². The summed E-state index contributed by atoms with van der Waals surface area (Å²) in [5.41, 5.74) is 2.68. The average Bonchev–Trinajstić information content (AvgIpc) is 2.67. The van der Waals surface area contributed by atoms with Gasteiger partial charge in [0.05, 0.1) is 12.2 Å². The summed E-state index contributed by atoms with van der Waals surface area (Å²) in [5, 5.41) is 4.94. The second kappa shape index (κ2) is 8.52. The number of hydrogen-bond acceptors (Lipinski definition) is 2. The van der Waals surface area contributed by atoms with Gasteiger partial charge in [-0.05, 0) is 54.3 Å². The average molecular weight is 347 g/mol. The number of carbonyl (C=O) groups is 1. The predicted molar refractivity (Wildman–Crippen MR) is 108 cm³/mol. The van der Waals surface area contributed by atoms with Gasteiger partial charge in [0.25, 0.3) is 5.91 Å². The number of unbranched alkanes of at least 4 members (excludes halogenated alkanes) is 1. The summed E-state index contributed by atoms with van der Waals surface area (Å²) < 4.78 is 5.71. The SMILES string of the molecule is CCCCc1ccc(NC(=O)c2c(OCC)ccc3ccccc23)cc1. The Bertz CT molecular complexity index is 884. The Morgan fingerprint density at radius 1 is 0.962 bits per heavy atom. The number of amides is 1. The Hall–Kier alpha value is -2.81. The predicted octanol–water partition coefficient (Wildman–Crippen LogP) is 5.83. The molecule has 3 heteroatoms. The molecule has 3 aromatic carbocycles. The van der Waals surface area contributed by atoms with E-state index in [9.17, 15) is 4.79 Å². The molecule has 0 saturated heterocycles. The van der Waals surface area contributed by atoms with Crippen molar-refractivity contribution in [1.82, 2.24) is 0 Å². The van der Waals surface area contributed by atoms with Gasteiger partial charge in [-0.15, -0.1) is 0 Å². The van der Waals surface area contributed by atoms with Gasteiger partial charge in [0, 0.05) is 5.69 Å². The van der Waals surface area contributed by atoms with Gasteiger partial charge in [-0.3, -0.25) is 4.79 Å². The molecule has 0 saturated carbocycles. The Balaban J connectivity index is 1.88. The van der Waals surface area contributed by atoms with Crippen LogP contribution in [0.25, 0.3) is 10.8 Å². The molecule has 3 rings (SSSR count). The van der Waals surface area contributed by atoms with Gasteiger partial charge in [-0.25, -0.2) is 0 Å². The monoisotopic (exact) mass is 347 g/mol. The summed E-state index contributed by atoms with van der Waals surface area (Å²) in [6.45, 7) is 4.63. The largest absolute Gasteiger partial charge is 0.493 e. The van der Waals surface area contributed by atoms with Crippen molar-refractivity contribution in [3.05, 3.63) is 71.8 Å². The summed E-state index contributed by atoms with van der Waals surface area (Å²) >= 11 is 0. The molecule has 0 atom stereocenters. The van der Waals surface area contributed by atoms with E-state index < -0.39 is 0 Å². The Kier molecular flexibility index (Phi) is 5.90.